The van der Waals surface area contributed by atoms with Gasteiger partial charge < -0.3 is 41.7 Å². The highest BCUT2D eigenvalue weighted by molar-refractivity contribution is 6.94. The van der Waals surface area contributed by atoms with Crippen LogP contribution >= 0.6 is 0 Å². The first kappa shape index (κ1) is 82.8. The molecule has 12 heterocycles. The minimum Gasteiger partial charge on any atom is -0.456 e. The first-order chi connectivity index (χ1) is 74.6. The molecule has 0 spiro atoms. The van der Waals surface area contributed by atoms with Gasteiger partial charge in [0.05, 0.1) is 60.6 Å². The quantitative estimate of drug-likeness (QED) is 0.161. The van der Waals surface area contributed by atoms with Gasteiger partial charge in [-0.3, -0.25) is 0 Å². The fourth-order valence-electron chi connectivity index (χ4n) is 27.3. The molecule has 0 amide bonds. The molecule has 0 unspecified atom stereocenters. The highest BCUT2D eigenvalue weighted by atomic mass is 16.3. The maximum Gasteiger partial charge on any atom is 0.329 e. The summed E-state index contributed by atoms with van der Waals surface area (Å²) in [6.45, 7) is 0.105. The van der Waals surface area contributed by atoms with Crippen LogP contribution in [0.25, 0.3) is 226 Å². The van der Waals surface area contributed by atoms with E-state index in [0.717, 1.165) is 39.0 Å². The summed E-state index contributed by atoms with van der Waals surface area (Å²) in [7, 11) is 0. The Labute approximate surface area is 864 Å². The van der Waals surface area contributed by atoms with Crippen molar-refractivity contribution in [2.75, 3.05) is 14.4 Å². The standard InChI is InChI=1S/2C48H30BN3.C42H25BN2O/c1-3-15-31(16-4-1)50-41-24-12-10-22-36(41)47-44(50)27-28-45-48(47)38-29-40-37(30-46(38)51(45)32-17-5-2-6-18-32)35-21-9-14-26-43(35)52-42-25-13-8-20-34(42)33-19-7-11-23-39(33)49(40)52;1-3-15-31(16-4-1)50-40-24-12-9-21-35(40)46-43(50)29-30-44-47(46)37-27-28-39-45(48(37)51(44)32-17-5-2-6-18-32)36-22-10-14-26-42(36)52-41-25-13-8-20-34(41)33-19-7-11-23-38(33)49(39)52;1-2-12-26(13-3-1)44-36-20-10-6-17-30(36)32-25-40-33(24-38(32)44)41-39(46-40)23-22-31-28-15-5-9-19-35(28)43-34-18-8-4-14-27(34)29-16-7-11-21-37(29)45(43)42(31)41/h2*1-30H;1-25H. The smallest absolute Gasteiger partial charge is 0.329 e. The molecule has 0 bridgehead atoms. The summed E-state index contributed by atoms with van der Waals surface area (Å²) in [5.74, 6) is 0. The van der Waals surface area contributed by atoms with Crippen LogP contribution in [0.1, 0.15) is 0 Å². The van der Waals surface area contributed by atoms with Crippen molar-refractivity contribution >= 4 is 218 Å². The van der Waals surface area contributed by atoms with Crippen molar-refractivity contribution in [2.24, 2.45) is 0 Å². The molecule has 0 fully saturated rings. The lowest BCUT2D eigenvalue weighted by Crippen LogP contribution is -2.59. The first-order valence-electron chi connectivity index (χ1n) is 52.0. The fraction of sp³-hybridized carbons (Fsp3) is 0. The van der Waals surface area contributed by atoms with E-state index in [1.807, 2.05) is 0 Å². The minimum absolute atomic E-state index is 0.0281. The molecule has 23 aromatic carbocycles. The van der Waals surface area contributed by atoms with Crippen molar-refractivity contribution in [1.82, 2.24) is 22.8 Å². The largest absolute Gasteiger partial charge is 0.456 e. The number of rotatable bonds is 5. The van der Waals surface area contributed by atoms with Crippen molar-refractivity contribution in [3.05, 3.63) is 516 Å². The molecule has 0 aliphatic carbocycles. The number of anilines is 6. The monoisotopic (exact) mass is 1900 g/mol. The molecule has 150 heavy (non-hydrogen) atoms. The first-order valence-corrected chi connectivity index (χ1v) is 52.0. The molecule has 0 saturated carbocycles. The molecule has 6 aliphatic heterocycles. The molecule has 0 radical (unpaired) electrons. The van der Waals surface area contributed by atoms with Crippen LogP contribution < -0.4 is 47.2 Å². The average Bonchev–Trinajstić information content (AvgIpc) is 1.42. The number of hydrogen-bond acceptors (Lipinski definition) is 4. The van der Waals surface area contributed by atoms with E-state index in [0.29, 0.717) is 0 Å². The van der Waals surface area contributed by atoms with E-state index in [9.17, 15) is 0 Å². The topological polar surface area (TPSA) is 47.5 Å². The van der Waals surface area contributed by atoms with Crippen LogP contribution in [-0.4, -0.2) is 43.4 Å². The third-order valence-electron chi connectivity index (χ3n) is 33.1. The lowest BCUT2D eigenvalue weighted by Gasteiger charge is -2.43. The molecule has 0 atom stereocenters. The molecule has 0 saturated heterocycles. The Bertz CT molecular complexity index is 10800. The van der Waals surface area contributed by atoms with Crippen molar-refractivity contribution in [3.63, 3.8) is 0 Å². The Hall–Kier alpha value is -19.5. The van der Waals surface area contributed by atoms with Crippen LogP contribution in [-0.2, 0) is 0 Å². The van der Waals surface area contributed by atoms with Crippen LogP contribution in [0, 0.1) is 0 Å². The third kappa shape index (κ3) is 11.6. The predicted molar refractivity (Wildman–Crippen MR) is 632 cm³/mol. The minimum atomic E-state index is 0.0281. The lowest BCUT2D eigenvalue weighted by atomic mass is 9.43. The highest BCUT2D eigenvalue weighted by Gasteiger charge is 2.48. The molecular formula is C138H85B3N8O. The van der Waals surface area contributed by atoms with Gasteiger partial charge in [0.15, 0.2) is 0 Å². The predicted octanol–water partition coefficient (Wildman–Crippen LogP) is 31.2. The number of nitrogens with zero attached hydrogens (tertiary/aromatic N) is 8. The van der Waals surface area contributed by atoms with E-state index in [1.165, 1.54) is 254 Å². The van der Waals surface area contributed by atoms with Crippen LogP contribution in [0.4, 0.5) is 34.1 Å². The number of para-hydroxylation sites is 13. The summed E-state index contributed by atoms with van der Waals surface area (Å²) in [6, 6.07) is 189. The molecule has 692 valence electrons. The van der Waals surface area contributed by atoms with Gasteiger partial charge in [-0.15, -0.1) is 0 Å². The van der Waals surface area contributed by atoms with Gasteiger partial charge in [0.2, 0.25) is 0 Å². The molecule has 6 aromatic heterocycles. The van der Waals surface area contributed by atoms with Gasteiger partial charge in [-0.25, -0.2) is 0 Å². The van der Waals surface area contributed by atoms with Gasteiger partial charge in [-0.1, -0.05) is 352 Å². The number of hydrogen-bond donors (Lipinski definition) is 0. The zero-order valence-corrected chi connectivity index (χ0v) is 81.3. The van der Waals surface area contributed by atoms with Crippen molar-refractivity contribution < 1.29 is 4.42 Å². The number of benzene rings is 23. The molecule has 9 nitrogen and oxygen atoms in total. The normalized spacial score (nSPS) is 13.0. The molecule has 12 heteroatoms. The van der Waals surface area contributed by atoms with Gasteiger partial charge in [-0.05, 0) is 224 Å². The zero-order valence-electron chi connectivity index (χ0n) is 81.3. The second-order valence-electron chi connectivity index (χ2n) is 40.6. The Kier molecular flexibility index (Phi) is 17.7. The van der Waals surface area contributed by atoms with Crippen LogP contribution in [0.5, 0.6) is 0 Å². The molecule has 0 N–H and O–H groups in total. The molecule has 29 aromatic rings. The highest BCUT2D eigenvalue weighted by Crippen LogP contribution is 2.57. The van der Waals surface area contributed by atoms with E-state index in [1.54, 1.807) is 0 Å². The average molecular weight is 1900 g/mol. The lowest BCUT2D eigenvalue weighted by molar-refractivity contribution is 0.669. The third-order valence-corrected chi connectivity index (χ3v) is 33.1. The Morgan fingerprint density at radius 2 is 0.480 bits per heavy atom. The van der Waals surface area contributed by atoms with Crippen molar-refractivity contribution in [1.29, 1.82) is 0 Å². The number of fused-ring (bicyclic) bond motifs is 55. The number of furan rings is 1. The Morgan fingerprint density at radius 3 is 0.953 bits per heavy atom. The second-order valence-corrected chi connectivity index (χ2v) is 40.6. The summed E-state index contributed by atoms with van der Waals surface area (Å²) in [5.41, 5.74) is 50.6. The van der Waals surface area contributed by atoms with Crippen molar-refractivity contribution in [3.8, 4) is 95.2 Å². The molecule has 35 rings (SSSR count). The Morgan fingerprint density at radius 1 is 0.153 bits per heavy atom. The summed E-state index contributed by atoms with van der Waals surface area (Å²) in [6.07, 6.45) is 0. The van der Waals surface area contributed by atoms with E-state index in [-0.39, 0.29) is 20.5 Å². The maximum absolute atomic E-state index is 6.78. The van der Waals surface area contributed by atoms with E-state index < -0.39 is 0 Å². The van der Waals surface area contributed by atoms with Crippen molar-refractivity contribution in [2.45, 2.75) is 0 Å². The van der Waals surface area contributed by atoms with Gasteiger partial charge in [0, 0.05) is 161 Å². The number of aromatic nitrogens is 5. The zero-order chi connectivity index (χ0) is 97.8. The maximum atomic E-state index is 6.78. The van der Waals surface area contributed by atoms with Crippen LogP contribution in [0.3, 0.4) is 0 Å². The van der Waals surface area contributed by atoms with Crippen LogP contribution in [0.2, 0.25) is 0 Å². The van der Waals surface area contributed by atoms with E-state index in [2.05, 4.69) is 553 Å². The van der Waals surface area contributed by atoms with E-state index in [4.69, 9.17) is 4.42 Å². The summed E-state index contributed by atoms with van der Waals surface area (Å²) >= 11 is 0. The van der Waals surface area contributed by atoms with Gasteiger partial charge in [0.1, 0.15) is 11.2 Å². The Balaban J connectivity index is 0.0000000976. The molecule has 6 aliphatic rings. The molecular weight excluding hydrogens is 1820 g/mol. The van der Waals surface area contributed by atoms with Gasteiger partial charge in [0.25, 0.3) is 0 Å². The van der Waals surface area contributed by atoms with Crippen LogP contribution in [0.15, 0.2) is 520 Å². The van der Waals surface area contributed by atoms with Gasteiger partial charge in [-0.2, -0.15) is 0 Å². The summed E-state index contributed by atoms with van der Waals surface area (Å²) in [5, 5.41) is 14.9. The summed E-state index contributed by atoms with van der Waals surface area (Å²) in [4.78, 5) is 7.76. The second kappa shape index (κ2) is 32.0. The SMILES string of the molecule is c1ccc(-n2c3ccccc3c3c4c5cc6c(cc5n(-c5ccccc5)c4ccc32)-c2ccccc2N2B6c3ccccc3-c3ccccc32)cc1.c1ccc(-n2c3ccccc3c3c4c5ccc6c(c5n(-c5ccccc5)c4ccc32)-c2ccccc2N2B6c3ccccc3-c3ccccc32)cc1.c1ccc(-n2c3ccccc3c3cc4oc5ccc6c(c5c4cc32)N2B(c3ccccc3-c3ccccc32)c2ccccc2-6)cc1. The fourth-order valence-corrected chi connectivity index (χ4v) is 27.3. The van der Waals surface area contributed by atoms with Gasteiger partial charge >= 0.3 is 20.5 Å². The summed E-state index contributed by atoms with van der Waals surface area (Å²) < 4.78 is 19.0. The van der Waals surface area contributed by atoms with E-state index >= 15 is 0 Å².